The van der Waals surface area contributed by atoms with E-state index in [0.29, 0.717) is 17.4 Å². The first-order chi connectivity index (χ1) is 38.9. The quantitative estimate of drug-likeness (QED) is 0.0212. The first-order valence-electron chi connectivity index (χ1n) is 34.8. The van der Waals surface area contributed by atoms with Crippen LogP contribution in [0.3, 0.4) is 0 Å². The molecular weight excluding hydrogens is 1010 g/mol. The Morgan fingerprint density at radius 3 is 1.19 bits per heavy atom. The fraction of sp³-hybridized carbons (Fsp3) is 0.886. The second-order valence-corrected chi connectivity index (χ2v) is 26.4. The fourth-order valence-corrected chi connectivity index (χ4v) is 11.2. The Balaban J connectivity index is 4.98. The molecule has 0 aromatic carbocycles. The zero-order valence-corrected chi connectivity index (χ0v) is 54.9. The molecule has 0 saturated heterocycles. The van der Waals surface area contributed by atoms with Crippen LogP contribution in [0.25, 0.3) is 0 Å². The first-order valence-corrected chi connectivity index (χ1v) is 36.3. The Kier molecular flexibility index (Phi) is 59.0. The average molecular weight is 1150 g/mol. The van der Waals surface area contributed by atoms with Crippen molar-refractivity contribution in [3.05, 3.63) is 36.5 Å². The smallest absolute Gasteiger partial charge is 0.306 e. The number of phosphoric acid groups is 1. The van der Waals surface area contributed by atoms with Gasteiger partial charge in [0.1, 0.15) is 19.3 Å². The van der Waals surface area contributed by atoms with Crippen molar-refractivity contribution >= 4 is 19.7 Å². The average Bonchev–Trinajstić information content (AvgIpc) is 3.42. The Bertz CT molecular complexity index is 1460. The second-order valence-electron chi connectivity index (χ2n) is 25.0. The van der Waals surface area contributed by atoms with Crippen molar-refractivity contribution in [3.63, 3.8) is 0 Å². The molecule has 0 spiro atoms. The lowest BCUT2D eigenvalue weighted by atomic mass is 10.0. The summed E-state index contributed by atoms with van der Waals surface area (Å²) in [5.41, 5.74) is 0. The van der Waals surface area contributed by atoms with Crippen LogP contribution in [0, 0.1) is 0 Å². The largest absolute Gasteiger partial charge is 0.756 e. The first kappa shape index (κ1) is 78.2. The standard InChI is InChI=1S/C70H135N2O7P/c1-7-10-13-16-19-22-25-28-30-31-32-33-34-35-36-37-38-39-40-41-42-45-48-51-54-57-60-63-70(74)79-68(61-58-55-52-49-46-43-27-24-21-18-15-12-9-3)67(66-78-80(75,76)77-65-64-72(4,5)6)71-69(73)62-59-56-53-50-47-44-29-26-23-20-17-14-11-8-2/h11,14,20,23,58,61,67-68H,7-10,12-13,15-19,21-22,24-57,59-60,62-66H2,1-6H3,(H-,71,73,75,76)/b14-11+,23-20+,61-58-. The van der Waals surface area contributed by atoms with Gasteiger partial charge in [-0.1, -0.05) is 314 Å². The minimum Gasteiger partial charge on any atom is -0.756 e. The number of ether oxygens (including phenoxy) is 1. The molecular formula is C70H135N2O7P. The van der Waals surface area contributed by atoms with Crippen LogP contribution >= 0.6 is 7.82 Å². The molecule has 0 fully saturated rings. The van der Waals surface area contributed by atoms with Gasteiger partial charge in [0.15, 0.2) is 0 Å². The number of unbranched alkanes of at least 4 members (excludes halogenated alkanes) is 44. The van der Waals surface area contributed by atoms with Gasteiger partial charge in [0.05, 0.1) is 33.8 Å². The zero-order valence-electron chi connectivity index (χ0n) is 54.1. The minimum atomic E-state index is -4.70. The third-order valence-corrected chi connectivity index (χ3v) is 16.8. The molecule has 1 amide bonds. The maximum Gasteiger partial charge on any atom is 0.306 e. The summed E-state index contributed by atoms with van der Waals surface area (Å²) in [5, 5.41) is 3.04. The molecule has 80 heavy (non-hydrogen) atoms. The normalized spacial score (nSPS) is 13.7. The van der Waals surface area contributed by atoms with Crippen molar-refractivity contribution in [1.29, 1.82) is 0 Å². The van der Waals surface area contributed by atoms with Crippen molar-refractivity contribution in [2.24, 2.45) is 0 Å². The predicted octanol–water partition coefficient (Wildman–Crippen LogP) is 21.2. The number of phosphoric ester groups is 1. The summed E-state index contributed by atoms with van der Waals surface area (Å²) in [4.78, 5) is 40.1. The van der Waals surface area contributed by atoms with Gasteiger partial charge in [0, 0.05) is 12.8 Å². The Morgan fingerprint density at radius 2 is 0.800 bits per heavy atom. The number of amides is 1. The number of carbonyl (C=O) groups is 2. The lowest BCUT2D eigenvalue weighted by molar-refractivity contribution is -0.870. The van der Waals surface area contributed by atoms with E-state index in [4.69, 9.17) is 13.8 Å². The molecule has 0 aromatic heterocycles. The molecule has 0 saturated carbocycles. The number of quaternary nitrogens is 1. The highest BCUT2D eigenvalue weighted by atomic mass is 31.2. The van der Waals surface area contributed by atoms with Gasteiger partial charge >= 0.3 is 5.97 Å². The summed E-state index contributed by atoms with van der Waals surface area (Å²) < 4.78 is 30.4. The highest BCUT2D eigenvalue weighted by Crippen LogP contribution is 2.38. The van der Waals surface area contributed by atoms with E-state index in [1.54, 1.807) is 0 Å². The third-order valence-electron chi connectivity index (χ3n) is 15.8. The van der Waals surface area contributed by atoms with Crippen LogP contribution in [0.5, 0.6) is 0 Å². The zero-order chi connectivity index (χ0) is 58.6. The number of hydrogen-bond donors (Lipinski definition) is 1. The molecule has 0 heterocycles. The molecule has 3 unspecified atom stereocenters. The van der Waals surface area contributed by atoms with E-state index in [1.165, 1.54) is 231 Å². The van der Waals surface area contributed by atoms with E-state index in [-0.39, 0.29) is 31.5 Å². The van der Waals surface area contributed by atoms with Crippen molar-refractivity contribution in [1.82, 2.24) is 5.32 Å². The molecule has 0 radical (unpaired) electrons. The molecule has 0 aliphatic rings. The lowest BCUT2D eigenvalue weighted by Gasteiger charge is -2.30. The summed E-state index contributed by atoms with van der Waals surface area (Å²) in [7, 11) is 1.19. The SMILES string of the molecule is CC/C=C/C/C=C/CCCCCCCCCC(=O)NC(COP(=O)([O-])OCC[N+](C)(C)C)C(/C=C\CCCCCCCCCCCCC)OC(=O)CCCCCCCCCCCCCCCCCCCCCCCCCCCCC. The summed E-state index contributed by atoms with van der Waals surface area (Å²) in [6, 6.07) is -0.889. The number of carbonyl (C=O) groups excluding carboxylic acids is 2. The Labute approximate surface area is 497 Å². The van der Waals surface area contributed by atoms with Crippen LogP contribution in [-0.2, 0) is 27.9 Å². The number of likely N-dealkylation sites (N-methyl/N-ethyl adjacent to an activating group) is 1. The predicted molar refractivity (Wildman–Crippen MR) is 344 cm³/mol. The van der Waals surface area contributed by atoms with E-state index in [0.717, 1.165) is 83.5 Å². The van der Waals surface area contributed by atoms with E-state index >= 15 is 0 Å². The summed E-state index contributed by atoms with van der Waals surface area (Å²) >= 11 is 0. The van der Waals surface area contributed by atoms with E-state index in [1.807, 2.05) is 33.3 Å². The van der Waals surface area contributed by atoms with E-state index < -0.39 is 20.0 Å². The molecule has 0 bridgehead atoms. The van der Waals surface area contributed by atoms with Crippen molar-refractivity contribution in [3.8, 4) is 0 Å². The maximum absolute atomic E-state index is 13.5. The van der Waals surface area contributed by atoms with E-state index in [2.05, 4.69) is 50.4 Å². The number of allylic oxidation sites excluding steroid dienone is 5. The number of nitrogens with zero attached hydrogens (tertiary/aromatic N) is 1. The molecule has 10 heteroatoms. The van der Waals surface area contributed by atoms with Crippen LogP contribution in [0.1, 0.15) is 348 Å². The maximum atomic E-state index is 13.5. The summed E-state index contributed by atoms with van der Waals surface area (Å²) in [6.07, 6.45) is 74.2. The van der Waals surface area contributed by atoms with Gasteiger partial charge in [-0.25, -0.2) is 0 Å². The van der Waals surface area contributed by atoms with Crippen LogP contribution in [0.2, 0.25) is 0 Å². The van der Waals surface area contributed by atoms with Gasteiger partial charge < -0.3 is 28.5 Å². The third kappa shape index (κ3) is 60.8. The molecule has 9 nitrogen and oxygen atoms in total. The number of rotatable bonds is 64. The fourth-order valence-electron chi connectivity index (χ4n) is 10.5. The van der Waals surface area contributed by atoms with Crippen LogP contribution < -0.4 is 10.2 Å². The Hall–Kier alpha value is -1.77. The van der Waals surface area contributed by atoms with Crippen LogP contribution in [0.15, 0.2) is 36.5 Å². The molecule has 3 atom stereocenters. The highest BCUT2D eigenvalue weighted by Gasteiger charge is 2.27. The molecule has 0 aromatic rings. The van der Waals surface area contributed by atoms with Gasteiger partial charge in [-0.3, -0.25) is 14.2 Å². The highest BCUT2D eigenvalue weighted by molar-refractivity contribution is 7.45. The van der Waals surface area contributed by atoms with Crippen LogP contribution in [0.4, 0.5) is 0 Å². The van der Waals surface area contributed by atoms with Gasteiger partial charge in [-0.15, -0.1) is 0 Å². The molecule has 472 valence electrons. The topological polar surface area (TPSA) is 114 Å². The van der Waals surface area contributed by atoms with Crippen molar-refractivity contribution < 1.29 is 37.3 Å². The summed E-state index contributed by atoms with van der Waals surface area (Å²) in [6.45, 7) is 6.79. The second kappa shape index (κ2) is 60.4. The molecule has 0 aliphatic heterocycles. The molecule has 0 rings (SSSR count). The molecule has 0 aliphatic carbocycles. The monoisotopic (exact) mass is 1150 g/mol. The van der Waals surface area contributed by atoms with Crippen molar-refractivity contribution in [2.75, 3.05) is 40.9 Å². The number of esters is 1. The van der Waals surface area contributed by atoms with Crippen molar-refractivity contribution in [2.45, 2.75) is 360 Å². The van der Waals surface area contributed by atoms with Gasteiger partial charge in [-0.2, -0.15) is 0 Å². The lowest BCUT2D eigenvalue weighted by Crippen LogP contribution is -2.47. The number of hydrogen-bond acceptors (Lipinski definition) is 7. The number of nitrogens with one attached hydrogen (secondary N) is 1. The molecule has 1 N–H and O–H groups in total. The van der Waals surface area contributed by atoms with Gasteiger partial charge in [0.25, 0.3) is 7.82 Å². The summed E-state index contributed by atoms with van der Waals surface area (Å²) in [5.74, 6) is -0.533. The van der Waals surface area contributed by atoms with Gasteiger partial charge in [0.2, 0.25) is 5.91 Å². The van der Waals surface area contributed by atoms with Crippen LogP contribution in [-0.4, -0.2) is 69.4 Å². The minimum absolute atomic E-state index is 0.0216. The van der Waals surface area contributed by atoms with Gasteiger partial charge in [-0.05, 0) is 57.4 Å². The van der Waals surface area contributed by atoms with E-state index in [9.17, 15) is 19.0 Å². The Morgan fingerprint density at radius 1 is 0.450 bits per heavy atom.